The Kier molecular flexibility index (Phi) is 4.81. The number of hydrogen-bond donors (Lipinski definition) is 1. The van der Waals surface area contributed by atoms with Crippen molar-refractivity contribution in [1.29, 1.82) is 0 Å². The fourth-order valence-corrected chi connectivity index (χ4v) is 3.22. The lowest BCUT2D eigenvalue weighted by Gasteiger charge is -2.48. The summed E-state index contributed by atoms with van der Waals surface area (Å²) in [6, 6.07) is 0. The Morgan fingerprint density at radius 2 is 1.79 bits per heavy atom. The standard InChI is InChI=1S/C14H27N3O2/c1-12(19-13(2)18)16-8-10-17(11-9-16)14(3)4-6-15-7-5-14/h12,15H,4-11H2,1-3H3. The Hall–Kier alpha value is -0.650. The largest absolute Gasteiger partial charge is 0.447 e. The van der Waals surface area contributed by atoms with E-state index in [4.69, 9.17) is 4.74 Å². The molecule has 0 saturated carbocycles. The Labute approximate surface area is 116 Å². The van der Waals surface area contributed by atoms with E-state index in [-0.39, 0.29) is 12.2 Å². The van der Waals surface area contributed by atoms with Gasteiger partial charge >= 0.3 is 5.97 Å². The summed E-state index contributed by atoms with van der Waals surface area (Å²) in [5.74, 6) is -0.194. The van der Waals surface area contributed by atoms with E-state index in [0.29, 0.717) is 5.54 Å². The van der Waals surface area contributed by atoms with Crippen LogP contribution in [0.15, 0.2) is 0 Å². The quantitative estimate of drug-likeness (QED) is 0.762. The summed E-state index contributed by atoms with van der Waals surface area (Å²) in [5, 5.41) is 3.43. The number of esters is 1. The smallest absolute Gasteiger partial charge is 0.304 e. The molecule has 2 aliphatic heterocycles. The van der Waals surface area contributed by atoms with Gasteiger partial charge in [-0.1, -0.05) is 0 Å². The molecule has 2 fully saturated rings. The molecule has 1 N–H and O–H groups in total. The van der Waals surface area contributed by atoms with Gasteiger partial charge in [0.2, 0.25) is 0 Å². The number of carbonyl (C=O) groups is 1. The van der Waals surface area contributed by atoms with Gasteiger partial charge in [-0.25, -0.2) is 0 Å². The van der Waals surface area contributed by atoms with Gasteiger partial charge in [0.05, 0.1) is 0 Å². The molecule has 5 nitrogen and oxygen atoms in total. The van der Waals surface area contributed by atoms with Gasteiger partial charge < -0.3 is 10.1 Å². The van der Waals surface area contributed by atoms with E-state index in [1.165, 1.54) is 19.8 Å². The maximum atomic E-state index is 11.0. The topological polar surface area (TPSA) is 44.8 Å². The Morgan fingerprint density at radius 1 is 1.21 bits per heavy atom. The van der Waals surface area contributed by atoms with Crippen molar-refractivity contribution in [3.05, 3.63) is 0 Å². The summed E-state index contributed by atoms with van der Waals surface area (Å²) >= 11 is 0. The fourth-order valence-electron chi connectivity index (χ4n) is 3.22. The van der Waals surface area contributed by atoms with Crippen molar-refractivity contribution in [2.75, 3.05) is 39.3 Å². The summed E-state index contributed by atoms with van der Waals surface area (Å²) in [6.07, 6.45) is 2.36. The minimum absolute atomic E-state index is 0.0968. The van der Waals surface area contributed by atoms with E-state index >= 15 is 0 Å². The second-order valence-corrected chi connectivity index (χ2v) is 5.98. The zero-order valence-corrected chi connectivity index (χ0v) is 12.4. The van der Waals surface area contributed by atoms with Crippen molar-refractivity contribution >= 4 is 5.97 Å². The van der Waals surface area contributed by atoms with Gasteiger partial charge in [0, 0.05) is 38.6 Å². The van der Waals surface area contributed by atoms with Crippen LogP contribution in [-0.2, 0) is 9.53 Å². The highest BCUT2D eigenvalue weighted by Crippen LogP contribution is 2.27. The number of piperazine rings is 1. The highest BCUT2D eigenvalue weighted by Gasteiger charge is 2.35. The first-order valence-electron chi connectivity index (χ1n) is 7.38. The second-order valence-electron chi connectivity index (χ2n) is 5.98. The molecular formula is C14H27N3O2. The first-order valence-corrected chi connectivity index (χ1v) is 7.38. The number of hydrogen-bond acceptors (Lipinski definition) is 5. The zero-order valence-electron chi connectivity index (χ0n) is 12.4. The van der Waals surface area contributed by atoms with E-state index in [1.54, 1.807) is 0 Å². The van der Waals surface area contributed by atoms with Crippen LogP contribution in [0.5, 0.6) is 0 Å². The summed E-state index contributed by atoms with van der Waals surface area (Å²) in [7, 11) is 0. The molecule has 0 aliphatic carbocycles. The predicted octanol–water partition coefficient (Wildman–Crippen LogP) is 0.655. The molecular weight excluding hydrogens is 242 g/mol. The van der Waals surface area contributed by atoms with Crippen LogP contribution < -0.4 is 5.32 Å². The molecule has 2 heterocycles. The van der Waals surface area contributed by atoms with E-state index in [2.05, 4.69) is 22.0 Å². The molecule has 19 heavy (non-hydrogen) atoms. The van der Waals surface area contributed by atoms with Crippen molar-refractivity contribution < 1.29 is 9.53 Å². The van der Waals surface area contributed by atoms with Gasteiger partial charge in [0.1, 0.15) is 0 Å². The third-order valence-electron chi connectivity index (χ3n) is 4.61. The van der Waals surface area contributed by atoms with Gasteiger partial charge in [-0.15, -0.1) is 0 Å². The molecule has 0 spiro atoms. The highest BCUT2D eigenvalue weighted by atomic mass is 16.6. The van der Waals surface area contributed by atoms with Gasteiger partial charge in [0.15, 0.2) is 6.23 Å². The molecule has 0 radical (unpaired) electrons. The lowest BCUT2D eigenvalue weighted by Crippen LogP contribution is -2.60. The molecule has 2 saturated heterocycles. The molecule has 2 aliphatic rings. The van der Waals surface area contributed by atoms with Crippen LogP contribution in [0.25, 0.3) is 0 Å². The fraction of sp³-hybridized carbons (Fsp3) is 0.929. The number of ether oxygens (including phenoxy) is 1. The van der Waals surface area contributed by atoms with Crippen LogP contribution in [0, 0.1) is 0 Å². The number of nitrogens with one attached hydrogen (secondary N) is 1. The first-order chi connectivity index (χ1) is 9.01. The normalized spacial score (nSPS) is 26.9. The van der Waals surface area contributed by atoms with Crippen molar-refractivity contribution in [1.82, 2.24) is 15.1 Å². The molecule has 5 heteroatoms. The molecule has 0 bridgehead atoms. The van der Waals surface area contributed by atoms with Crippen LogP contribution in [0.2, 0.25) is 0 Å². The van der Waals surface area contributed by atoms with Crippen LogP contribution in [0.4, 0.5) is 0 Å². The lowest BCUT2D eigenvalue weighted by molar-refractivity contribution is -0.157. The Morgan fingerprint density at radius 3 is 2.32 bits per heavy atom. The second kappa shape index (κ2) is 6.20. The van der Waals surface area contributed by atoms with Crippen molar-refractivity contribution in [3.63, 3.8) is 0 Å². The van der Waals surface area contributed by atoms with Gasteiger partial charge in [0.25, 0.3) is 0 Å². The van der Waals surface area contributed by atoms with Crippen LogP contribution in [0.1, 0.15) is 33.6 Å². The van der Waals surface area contributed by atoms with Gasteiger partial charge in [-0.05, 0) is 39.8 Å². The minimum atomic E-state index is -0.194. The first kappa shape index (κ1) is 14.8. The maximum absolute atomic E-state index is 11.0. The molecule has 0 aromatic heterocycles. The molecule has 2 rings (SSSR count). The third-order valence-corrected chi connectivity index (χ3v) is 4.61. The predicted molar refractivity (Wildman–Crippen MR) is 74.9 cm³/mol. The number of piperidine rings is 1. The Bertz CT molecular complexity index is 308. The van der Waals surface area contributed by atoms with E-state index in [9.17, 15) is 4.79 Å². The monoisotopic (exact) mass is 269 g/mol. The average Bonchev–Trinajstić information content (AvgIpc) is 2.39. The van der Waals surface area contributed by atoms with Crippen molar-refractivity contribution in [2.24, 2.45) is 0 Å². The van der Waals surface area contributed by atoms with E-state index in [0.717, 1.165) is 39.3 Å². The number of carbonyl (C=O) groups excluding carboxylic acids is 1. The third kappa shape index (κ3) is 3.68. The maximum Gasteiger partial charge on any atom is 0.304 e. The highest BCUT2D eigenvalue weighted by molar-refractivity contribution is 5.66. The zero-order chi connectivity index (χ0) is 13.9. The van der Waals surface area contributed by atoms with Crippen molar-refractivity contribution in [3.8, 4) is 0 Å². The van der Waals surface area contributed by atoms with Gasteiger partial charge in [-0.2, -0.15) is 0 Å². The molecule has 0 aromatic carbocycles. The van der Waals surface area contributed by atoms with Gasteiger partial charge in [-0.3, -0.25) is 14.6 Å². The molecule has 0 aromatic rings. The summed E-state index contributed by atoms with van der Waals surface area (Å²) in [5.41, 5.74) is 0.349. The summed E-state index contributed by atoms with van der Waals surface area (Å²) in [6.45, 7) is 12.2. The molecule has 1 unspecified atom stereocenters. The SMILES string of the molecule is CC(=O)OC(C)N1CCN(C2(C)CCNCC2)CC1. The molecule has 0 amide bonds. The summed E-state index contributed by atoms with van der Waals surface area (Å²) < 4.78 is 5.25. The summed E-state index contributed by atoms with van der Waals surface area (Å²) in [4.78, 5) is 15.9. The lowest BCUT2D eigenvalue weighted by atomic mass is 9.88. The van der Waals surface area contributed by atoms with Crippen LogP contribution >= 0.6 is 0 Å². The molecule has 1 atom stereocenters. The average molecular weight is 269 g/mol. The van der Waals surface area contributed by atoms with E-state index < -0.39 is 0 Å². The minimum Gasteiger partial charge on any atom is -0.447 e. The molecule has 110 valence electrons. The van der Waals surface area contributed by atoms with E-state index in [1.807, 2.05) is 6.92 Å². The van der Waals surface area contributed by atoms with Crippen LogP contribution in [0.3, 0.4) is 0 Å². The van der Waals surface area contributed by atoms with Crippen LogP contribution in [-0.4, -0.2) is 66.8 Å². The Balaban J connectivity index is 1.83. The number of nitrogens with zero attached hydrogens (tertiary/aromatic N) is 2. The van der Waals surface area contributed by atoms with Crippen molar-refractivity contribution in [2.45, 2.75) is 45.4 Å². The number of rotatable bonds is 3.